The number of nitriles is 1. The van der Waals surface area contributed by atoms with E-state index in [0.717, 1.165) is 0 Å². The van der Waals surface area contributed by atoms with Crippen molar-refractivity contribution in [1.82, 2.24) is 0 Å². The molecule has 1 nitrogen and oxygen atoms in total. The molecule has 0 radical (unpaired) electrons. The second kappa shape index (κ2) is 19.6. The molecule has 0 aliphatic rings. The fraction of sp³-hybridized carbons (Fsp3) is 0. The van der Waals surface area contributed by atoms with Crippen LogP contribution in [0, 0.1) is 11.3 Å². The Bertz CT molecular complexity index is 567. The highest BCUT2D eigenvalue weighted by atomic mass is 14.2. The first-order valence-electron chi connectivity index (χ1n) is 7.29. The van der Waals surface area contributed by atoms with E-state index in [1.165, 1.54) is 17.2 Å². The van der Waals surface area contributed by atoms with E-state index in [2.05, 4.69) is 32.9 Å². The number of rotatable bonds is 3. The minimum absolute atomic E-state index is 1.17. The van der Waals surface area contributed by atoms with Crippen molar-refractivity contribution in [1.29, 1.82) is 5.26 Å². The van der Waals surface area contributed by atoms with E-state index in [9.17, 15) is 0 Å². The fourth-order valence-corrected chi connectivity index (χ4v) is 1.18. The van der Waals surface area contributed by atoms with Gasteiger partial charge in [0.15, 0.2) is 0 Å². The first kappa shape index (κ1) is 22.9. The lowest BCUT2D eigenvalue weighted by Crippen LogP contribution is -1.63. The van der Waals surface area contributed by atoms with Crippen LogP contribution in [0.15, 0.2) is 112 Å². The summed E-state index contributed by atoms with van der Waals surface area (Å²) in [4.78, 5) is 0. The fourth-order valence-electron chi connectivity index (χ4n) is 1.18. The molecular weight excluding hydrogens is 290 g/mol. The molecule has 0 aliphatic carbocycles. The highest BCUT2D eigenvalue weighted by Crippen LogP contribution is 1.98. The molecule has 0 atom stereocenters. The molecule has 0 N–H and O–H groups in total. The summed E-state index contributed by atoms with van der Waals surface area (Å²) in [6.07, 6.45) is 8.12. The summed E-state index contributed by atoms with van der Waals surface area (Å²) in [5, 5.41) is 7.51. The summed E-state index contributed by atoms with van der Waals surface area (Å²) < 4.78 is 0. The second-order valence-electron chi connectivity index (χ2n) is 4.03. The summed E-state index contributed by atoms with van der Waals surface area (Å²) in [6, 6.07) is 21.8. The Balaban J connectivity index is 0. The molecule has 0 spiro atoms. The third kappa shape index (κ3) is 16.7. The molecule has 0 saturated heterocycles. The predicted molar refractivity (Wildman–Crippen MR) is 109 cm³/mol. The summed E-state index contributed by atoms with van der Waals surface area (Å²) in [6.45, 7) is 17.1. The lowest BCUT2D eigenvalue weighted by Gasteiger charge is -1.85. The molecule has 0 heterocycles. The van der Waals surface area contributed by atoms with Gasteiger partial charge in [-0.25, -0.2) is 0 Å². The van der Waals surface area contributed by atoms with Crippen LogP contribution < -0.4 is 0 Å². The minimum atomic E-state index is 1.17. The van der Waals surface area contributed by atoms with E-state index in [1.807, 2.05) is 72.8 Å². The Morgan fingerprint density at radius 1 is 0.625 bits per heavy atom. The van der Waals surface area contributed by atoms with Crippen LogP contribution in [0.2, 0.25) is 0 Å². The van der Waals surface area contributed by atoms with Crippen LogP contribution in [0.25, 0.3) is 12.2 Å². The molecule has 0 aromatic heterocycles. The highest BCUT2D eigenvalue weighted by molar-refractivity contribution is 5.46. The molecule has 2 aromatic rings. The zero-order valence-corrected chi connectivity index (χ0v) is 14.1. The van der Waals surface area contributed by atoms with Gasteiger partial charge < -0.3 is 0 Å². The van der Waals surface area contributed by atoms with Crippen molar-refractivity contribution in [2.75, 3.05) is 0 Å². The molecule has 0 aliphatic heterocycles. The van der Waals surface area contributed by atoms with E-state index < -0.39 is 0 Å². The van der Waals surface area contributed by atoms with Crippen molar-refractivity contribution < 1.29 is 0 Å². The third-order valence-corrected chi connectivity index (χ3v) is 2.33. The number of hydrogen-bond acceptors (Lipinski definition) is 1. The first-order valence-corrected chi connectivity index (χ1v) is 7.29. The summed E-state index contributed by atoms with van der Waals surface area (Å²) in [7, 11) is 0. The summed E-state index contributed by atoms with van der Waals surface area (Å²) in [5.41, 5.74) is 2.35. The summed E-state index contributed by atoms with van der Waals surface area (Å²) in [5.74, 6) is 0. The van der Waals surface area contributed by atoms with E-state index in [1.54, 1.807) is 18.2 Å². The molecule has 0 unspecified atom stereocenters. The van der Waals surface area contributed by atoms with Crippen LogP contribution in [-0.4, -0.2) is 0 Å². The van der Waals surface area contributed by atoms with Crippen LogP contribution in [-0.2, 0) is 0 Å². The van der Waals surface area contributed by atoms with Gasteiger partial charge in [0, 0.05) is 6.08 Å². The maximum absolute atomic E-state index is 7.51. The van der Waals surface area contributed by atoms with Crippen LogP contribution in [0.3, 0.4) is 0 Å². The van der Waals surface area contributed by atoms with E-state index in [-0.39, 0.29) is 0 Å². The predicted octanol–water partition coefficient (Wildman–Crippen LogP) is 6.71. The van der Waals surface area contributed by atoms with E-state index >= 15 is 0 Å². The maximum atomic E-state index is 7.51. The molecule has 0 fully saturated rings. The van der Waals surface area contributed by atoms with E-state index in [4.69, 9.17) is 5.26 Å². The molecule has 2 rings (SSSR count). The standard InChI is InChI=1S/2C8H8.C4H6.C3H3N/c2*1-2-8-6-4-3-5-7-8;1-3-4-2;1-2-3-4/h2*2-7H,1H2;3-4H,1-2H2;2H,1H2. The average molecular weight is 315 g/mol. The van der Waals surface area contributed by atoms with Crippen molar-refractivity contribution in [3.63, 3.8) is 0 Å². The molecular formula is C23H25N. The summed E-state index contributed by atoms with van der Waals surface area (Å²) >= 11 is 0. The van der Waals surface area contributed by atoms with Gasteiger partial charge in [0.2, 0.25) is 0 Å². The number of allylic oxidation sites excluding steroid dienone is 3. The van der Waals surface area contributed by atoms with Crippen LogP contribution in [0.5, 0.6) is 0 Å². The Kier molecular flexibility index (Phi) is 18.7. The lowest BCUT2D eigenvalue weighted by molar-refractivity contribution is 1.54. The van der Waals surface area contributed by atoms with Crippen LogP contribution in [0.1, 0.15) is 11.1 Å². The Morgan fingerprint density at radius 2 is 0.917 bits per heavy atom. The smallest absolute Gasteiger partial charge is 0.0905 e. The zero-order valence-electron chi connectivity index (χ0n) is 14.1. The SMILES string of the molecule is C=CC#N.C=CC=C.C=Cc1ccccc1.C=Cc1ccccc1. The number of benzene rings is 2. The van der Waals surface area contributed by atoms with Crippen LogP contribution in [0.4, 0.5) is 0 Å². The second-order valence-corrected chi connectivity index (χ2v) is 4.03. The lowest BCUT2D eigenvalue weighted by atomic mass is 10.2. The van der Waals surface area contributed by atoms with Crippen molar-refractivity contribution in [3.05, 3.63) is 123 Å². The van der Waals surface area contributed by atoms with Crippen molar-refractivity contribution >= 4 is 12.2 Å². The monoisotopic (exact) mass is 315 g/mol. The number of nitrogens with zero attached hydrogens (tertiary/aromatic N) is 1. The van der Waals surface area contributed by atoms with Gasteiger partial charge in [-0.05, 0) is 11.1 Å². The topological polar surface area (TPSA) is 23.8 Å². The normalized spacial score (nSPS) is 7.12. The Hall–Kier alpha value is -3.37. The zero-order chi connectivity index (χ0) is 18.5. The third-order valence-electron chi connectivity index (χ3n) is 2.33. The van der Waals surface area contributed by atoms with Gasteiger partial charge in [-0.2, -0.15) is 5.26 Å². The highest BCUT2D eigenvalue weighted by Gasteiger charge is 1.76. The maximum Gasteiger partial charge on any atom is 0.0905 e. The van der Waals surface area contributed by atoms with Gasteiger partial charge >= 0.3 is 0 Å². The van der Waals surface area contributed by atoms with Crippen molar-refractivity contribution in [2.45, 2.75) is 0 Å². The van der Waals surface area contributed by atoms with Gasteiger partial charge in [0.05, 0.1) is 6.07 Å². The van der Waals surface area contributed by atoms with E-state index in [0.29, 0.717) is 0 Å². The molecule has 0 bridgehead atoms. The molecule has 0 saturated carbocycles. The van der Waals surface area contributed by atoms with Gasteiger partial charge in [0.25, 0.3) is 0 Å². The minimum Gasteiger partial charge on any atom is -0.193 e. The molecule has 122 valence electrons. The van der Waals surface area contributed by atoms with Crippen molar-refractivity contribution in [3.8, 4) is 6.07 Å². The quantitative estimate of drug-likeness (QED) is 0.456. The molecule has 0 amide bonds. The van der Waals surface area contributed by atoms with Gasteiger partial charge in [-0.15, -0.1) is 0 Å². The first-order chi connectivity index (χ1) is 11.7. The number of hydrogen-bond donors (Lipinski definition) is 0. The van der Waals surface area contributed by atoms with Crippen molar-refractivity contribution in [2.24, 2.45) is 0 Å². The average Bonchev–Trinajstić information content (AvgIpc) is 2.70. The van der Waals surface area contributed by atoms with Gasteiger partial charge in [-0.1, -0.05) is 118 Å². The molecule has 2 aromatic carbocycles. The van der Waals surface area contributed by atoms with Gasteiger partial charge in [-0.3, -0.25) is 0 Å². The Morgan fingerprint density at radius 3 is 1.04 bits per heavy atom. The molecule has 1 heteroatoms. The van der Waals surface area contributed by atoms with Gasteiger partial charge in [0.1, 0.15) is 0 Å². The molecule has 24 heavy (non-hydrogen) atoms. The largest absolute Gasteiger partial charge is 0.193 e. The van der Waals surface area contributed by atoms with Crippen LogP contribution >= 0.6 is 0 Å². The Labute approximate surface area is 146 Å².